The van der Waals surface area contributed by atoms with E-state index in [2.05, 4.69) is 15.0 Å². The van der Waals surface area contributed by atoms with Crippen LogP contribution in [-0.4, -0.2) is 11.3 Å². The molecule has 3 nitrogen and oxygen atoms in total. The molecule has 1 aromatic heterocycles. The third-order valence-electron chi connectivity index (χ3n) is 2.10. The van der Waals surface area contributed by atoms with Gasteiger partial charge in [0.25, 0.3) is 0 Å². The monoisotopic (exact) mass is 326 g/mol. The minimum atomic E-state index is -4.86. The van der Waals surface area contributed by atoms with Crippen molar-refractivity contribution in [2.24, 2.45) is 0 Å². The van der Waals surface area contributed by atoms with Crippen molar-refractivity contribution in [2.45, 2.75) is 12.9 Å². The lowest BCUT2D eigenvalue weighted by molar-refractivity contribution is -0.274. The molecule has 1 aromatic carbocycles. The summed E-state index contributed by atoms with van der Waals surface area (Å²) in [5.74, 6) is -1.46. The highest BCUT2D eigenvalue weighted by molar-refractivity contribution is 7.15. The molecule has 0 aliphatic rings. The molecule has 9 heteroatoms. The molecule has 0 saturated heterocycles. The SMILES string of the molecule is Fc1cc(NCc2cnc(Cl)s2)cc(OC(F)(F)F)c1. The Hall–Kier alpha value is -1.54. The largest absolute Gasteiger partial charge is 0.573 e. The highest BCUT2D eigenvalue weighted by Gasteiger charge is 2.31. The topological polar surface area (TPSA) is 34.2 Å². The summed E-state index contributed by atoms with van der Waals surface area (Å²) >= 11 is 6.85. The van der Waals surface area contributed by atoms with Gasteiger partial charge in [-0.15, -0.1) is 24.5 Å². The van der Waals surface area contributed by atoms with Gasteiger partial charge >= 0.3 is 6.36 Å². The summed E-state index contributed by atoms with van der Waals surface area (Å²) in [6.45, 7) is 0.263. The molecule has 108 valence electrons. The molecule has 2 rings (SSSR count). The minimum Gasteiger partial charge on any atom is -0.406 e. The van der Waals surface area contributed by atoms with Crippen molar-refractivity contribution in [3.05, 3.63) is 39.6 Å². The Labute approximate surface area is 120 Å². The number of thiazole rings is 1. The van der Waals surface area contributed by atoms with Crippen LogP contribution in [0.1, 0.15) is 4.88 Å². The van der Waals surface area contributed by atoms with Crippen LogP contribution in [0.4, 0.5) is 23.2 Å². The number of alkyl halides is 3. The second kappa shape index (κ2) is 5.84. The van der Waals surface area contributed by atoms with Gasteiger partial charge in [0.1, 0.15) is 11.6 Å². The number of hydrogen-bond donors (Lipinski definition) is 1. The van der Waals surface area contributed by atoms with E-state index in [1.807, 2.05) is 0 Å². The van der Waals surface area contributed by atoms with Crippen LogP contribution in [0.15, 0.2) is 24.4 Å². The standard InChI is InChI=1S/C11H7ClF4N2OS/c12-10-18-5-9(20-10)4-17-7-1-6(13)2-8(3-7)19-11(14,15)16/h1-3,5,17H,4H2. The Morgan fingerprint density at radius 2 is 2.05 bits per heavy atom. The number of nitrogens with one attached hydrogen (secondary N) is 1. The number of halogens is 5. The Morgan fingerprint density at radius 3 is 2.65 bits per heavy atom. The third-order valence-corrected chi connectivity index (χ3v) is 3.21. The molecule has 0 atom stereocenters. The van der Waals surface area contributed by atoms with Crippen molar-refractivity contribution >= 4 is 28.6 Å². The smallest absolute Gasteiger partial charge is 0.406 e. The lowest BCUT2D eigenvalue weighted by Gasteiger charge is -2.11. The highest BCUT2D eigenvalue weighted by Crippen LogP contribution is 2.27. The summed E-state index contributed by atoms with van der Waals surface area (Å²) in [7, 11) is 0. The van der Waals surface area contributed by atoms with Crippen LogP contribution in [0.2, 0.25) is 4.47 Å². The molecule has 1 N–H and O–H groups in total. The molecule has 20 heavy (non-hydrogen) atoms. The molecule has 0 unspecified atom stereocenters. The van der Waals surface area contributed by atoms with E-state index in [1.54, 1.807) is 0 Å². The maximum absolute atomic E-state index is 13.2. The molecular weight excluding hydrogens is 320 g/mol. The van der Waals surface area contributed by atoms with E-state index in [4.69, 9.17) is 11.6 Å². The van der Waals surface area contributed by atoms with E-state index in [9.17, 15) is 17.6 Å². The zero-order chi connectivity index (χ0) is 14.8. The van der Waals surface area contributed by atoms with Crippen molar-refractivity contribution in [1.82, 2.24) is 4.98 Å². The van der Waals surface area contributed by atoms with E-state index in [-0.39, 0.29) is 12.2 Å². The minimum absolute atomic E-state index is 0.161. The first-order chi connectivity index (χ1) is 9.32. The molecule has 0 aliphatic carbocycles. The van der Waals surface area contributed by atoms with Gasteiger partial charge in [0, 0.05) is 28.9 Å². The first-order valence-electron chi connectivity index (χ1n) is 5.22. The van der Waals surface area contributed by atoms with Crippen molar-refractivity contribution in [2.75, 3.05) is 5.32 Å². The summed E-state index contributed by atoms with van der Waals surface area (Å²) in [5, 5.41) is 2.77. The molecule has 2 aromatic rings. The average Bonchev–Trinajstić information content (AvgIpc) is 2.69. The number of hydrogen-bond acceptors (Lipinski definition) is 4. The van der Waals surface area contributed by atoms with Crippen molar-refractivity contribution < 1.29 is 22.3 Å². The number of ether oxygens (including phenoxy) is 1. The van der Waals surface area contributed by atoms with E-state index in [0.717, 1.165) is 17.0 Å². The maximum atomic E-state index is 13.2. The summed E-state index contributed by atoms with van der Waals surface area (Å²) < 4.78 is 53.4. The quantitative estimate of drug-likeness (QED) is 0.843. The lowest BCUT2D eigenvalue weighted by Crippen LogP contribution is -2.17. The Balaban J connectivity index is 2.07. The van der Waals surface area contributed by atoms with Crippen molar-refractivity contribution in [3.63, 3.8) is 0 Å². The van der Waals surface area contributed by atoms with Gasteiger partial charge in [-0.1, -0.05) is 11.6 Å². The van der Waals surface area contributed by atoms with Gasteiger partial charge in [-0.25, -0.2) is 9.37 Å². The molecule has 0 amide bonds. The number of anilines is 1. The van der Waals surface area contributed by atoms with Gasteiger partial charge in [-0.3, -0.25) is 0 Å². The van der Waals surface area contributed by atoms with E-state index in [1.165, 1.54) is 17.5 Å². The zero-order valence-electron chi connectivity index (χ0n) is 9.67. The normalized spacial score (nSPS) is 11.4. The van der Waals surface area contributed by atoms with Crippen LogP contribution in [0.3, 0.4) is 0 Å². The lowest BCUT2D eigenvalue weighted by atomic mass is 10.3. The summed E-state index contributed by atoms with van der Waals surface area (Å²) in [4.78, 5) is 4.57. The second-order valence-corrected chi connectivity index (χ2v) is 5.35. The van der Waals surface area contributed by atoms with Crippen LogP contribution in [0.25, 0.3) is 0 Å². The van der Waals surface area contributed by atoms with Crippen LogP contribution in [0.5, 0.6) is 5.75 Å². The molecule has 0 spiro atoms. The molecule has 1 heterocycles. The number of aromatic nitrogens is 1. The first kappa shape index (κ1) is 14.9. The van der Waals surface area contributed by atoms with Crippen LogP contribution in [0, 0.1) is 5.82 Å². The number of benzene rings is 1. The van der Waals surface area contributed by atoms with Crippen LogP contribution < -0.4 is 10.1 Å². The zero-order valence-corrected chi connectivity index (χ0v) is 11.2. The first-order valence-corrected chi connectivity index (χ1v) is 6.42. The van der Waals surface area contributed by atoms with Gasteiger partial charge in [-0.2, -0.15) is 0 Å². The fourth-order valence-corrected chi connectivity index (χ4v) is 2.33. The van der Waals surface area contributed by atoms with Crippen molar-refractivity contribution in [1.29, 1.82) is 0 Å². The van der Waals surface area contributed by atoms with E-state index in [0.29, 0.717) is 10.5 Å². The van der Waals surface area contributed by atoms with Crippen molar-refractivity contribution in [3.8, 4) is 5.75 Å². The predicted octanol–water partition coefficient (Wildman–Crippen LogP) is 4.45. The molecule has 0 saturated carbocycles. The highest BCUT2D eigenvalue weighted by atomic mass is 35.5. The fourth-order valence-electron chi connectivity index (χ4n) is 1.41. The predicted molar refractivity (Wildman–Crippen MR) is 67.5 cm³/mol. The van der Waals surface area contributed by atoms with Gasteiger partial charge in [0.15, 0.2) is 4.47 Å². The third kappa shape index (κ3) is 4.53. The summed E-state index contributed by atoms with van der Waals surface area (Å²) in [6, 6.07) is 2.77. The number of rotatable bonds is 4. The van der Waals surface area contributed by atoms with Crippen LogP contribution in [-0.2, 0) is 6.54 Å². The van der Waals surface area contributed by atoms with Gasteiger partial charge in [0.05, 0.1) is 6.54 Å². The van der Waals surface area contributed by atoms with Gasteiger partial charge < -0.3 is 10.1 Å². The Bertz CT molecular complexity index is 602. The molecule has 0 bridgehead atoms. The Morgan fingerprint density at radius 1 is 1.30 bits per heavy atom. The van der Waals surface area contributed by atoms with Gasteiger partial charge in [-0.05, 0) is 6.07 Å². The van der Waals surface area contributed by atoms with Crippen LogP contribution >= 0.6 is 22.9 Å². The molecule has 0 fully saturated rings. The maximum Gasteiger partial charge on any atom is 0.573 e. The Kier molecular flexibility index (Phi) is 4.34. The molecular formula is C11H7ClF4N2OS. The van der Waals surface area contributed by atoms with E-state index >= 15 is 0 Å². The molecule has 0 aliphatic heterocycles. The number of nitrogens with zero attached hydrogens (tertiary/aromatic N) is 1. The van der Waals surface area contributed by atoms with E-state index < -0.39 is 17.9 Å². The second-order valence-electron chi connectivity index (χ2n) is 3.66. The average molecular weight is 327 g/mol. The van der Waals surface area contributed by atoms with Gasteiger partial charge in [0.2, 0.25) is 0 Å². The fraction of sp³-hybridized carbons (Fsp3) is 0.182. The summed E-state index contributed by atoms with van der Waals surface area (Å²) in [6.07, 6.45) is -3.34. The molecule has 0 radical (unpaired) electrons. The summed E-state index contributed by atoms with van der Waals surface area (Å²) in [5.41, 5.74) is 0.161.